The van der Waals surface area contributed by atoms with Crippen LogP contribution < -0.4 is 10.5 Å². The van der Waals surface area contributed by atoms with Crippen LogP contribution in [0.1, 0.15) is 11.1 Å². The molecule has 2 aliphatic rings. The van der Waals surface area contributed by atoms with Crippen LogP contribution in [0.5, 0.6) is 5.75 Å². The molecule has 0 fully saturated rings. The molecule has 3 heterocycles. The normalized spacial score (nSPS) is 21.0. The maximum atomic E-state index is 15.0. The number of guanidine groups is 1. The summed E-state index contributed by atoms with van der Waals surface area (Å²) >= 11 is 0. The van der Waals surface area contributed by atoms with Crippen molar-refractivity contribution in [2.24, 2.45) is 15.7 Å². The number of aliphatic imine (C=N–C) groups is 2. The molecule has 1 aromatic heterocycles. The predicted molar refractivity (Wildman–Crippen MR) is 119 cm³/mol. The van der Waals surface area contributed by atoms with Gasteiger partial charge in [0.05, 0.1) is 13.7 Å². The van der Waals surface area contributed by atoms with Gasteiger partial charge in [0.15, 0.2) is 23.1 Å². The molecule has 2 aromatic carbocycles. The van der Waals surface area contributed by atoms with Crippen LogP contribution in [0.4, 0.5) is 17.6 Å². The lowest BCUT2D eigenvalue weighted by molar-refractivity contribution is -0.00437. The second kappa shape index (κ2) is 7.82. The van der Waals surface area contributed by atoms with E-state index in [1.54, 1.807) is 18.2 Å². The van der Waals surface area contributed by atoms with E-state index in [9.17, 15) is 13.2 Å². The average Bonchev–Trinajstić information content (AvgIpc) is 3.12. The summed E-state index contributed by atoms with van der Waals surface area (Å²) in [4.78, 5) is 13.9. The number of ether oxygens (including phenoxy) is 1. The molecule has 1 unspecified atom stereocenters. The number of benzene rings is 2. The van der Waals surface area contributed by atoms with E-state index >= 15 is 4.39 Å². The van der Waals surface area contributed by atoms with Crippen LogP contribution in [0.15, 0.2) is 70.9 Å². The first-order valence-electron chi connectivity index (χ1n) is 10.4. The molecule has 10 heteroatoms. The van der Waals surface area contributed by atoms with Gasteiger partial charge in [0.2, 0.25) is 0 Å². The zero-order valence-electron chi connectivity index (χ0n) is 18.0. The molecule has 5 rings (SSSR count). The Morgan fingerprint density at radius 2 is 1.76 bits per heavy atom. The topological polar surface area (TPSA) is 76.1 Å². The Morgan fingerprint density at radius 3 is 2.50 bits per heavy atom. The lowest BCUT2D eigenvalue weighted by Crippen LogP contribution is -2.53. The van der Waals surface area contributed by atoms with Crippen LogP contribution in [0.2, 0.25) is 0 Å². The van der Waals surface area contributed by atoms with E-state index in [-0.39, 0.29) is 28.7 Å². The van der Waals surface area contributed by atoms with Gasteiger partial charge in [-0.3, -0.25) is 14.9 Å². The van der Waals surface area contributed by atoms with E-state index in [0.29, 0.717) is 11.1 Å². The van der Waals surface area contributed by atoms with Crippen molar-refractivity contribution in [3.63, 3.8) is 0 Å². The van der Waals surface area contributed by atoms with Crippen LogP contribution in [-0.4, -0.2) is 47.8 Å². The molecule has 0 radical (unpaired) electrons. The number of nitrogens with two attached hydrogens (primary N) is 1. The van der Waals surface area contributed by atoms with E-state index in [1.807, 2.05) is 0 Å². The van der Waals surface area contributed by atoms with E-state index in [1.165, 1.54) is 54.7 Å². The maximum absolute atomic E-state index is 15.0. The third kappa shape index (κ3) is 3.28. The molecule has 3 aromatic rings. The van der Waals surface area contributed by atoms with Gasteiger partial charge in [-0.25, -0.2) is 22.6 Å². The maximum Gasteiger partial charge on any atom is 0.284 e. The van der Waals surface area contributed by atoms with Crippen molar-refractivity contribution in [2.75, 3.05) is 20.2 Å². The lowest BCUT2D eigenvalue weighted by atomic mass is 9.81. The van der Waals surface area contributed by atoms with Gasteiger partial charge in [0, 0.05) is 23.5 Å². The van der Waals surface area contributed by atoms with E-state index in [0.717, 1.165) is 0 Å². The molecule has 34 heavy (non-hydrogen) atoms. The Morgan fingerprint density at radius 1 is 1.00 bits per heavy atom. The van der Waals surface area contributed by atoms with Crippen molar-refractivity contribution in [3.05, 3.63) is 83.7 Å². The molecule has 6 nitrogen and oxygen atoms in total. The van der Waals surface area contributed by atoms with E-state index in [4.69, 9.17) is 10.5 Å². The fourth-order valence-corrected chi connectivity index (χ4v) is 4.39. The van der Waals surface area contributed by atoms with Crippen LogP contribution in [0, 0.1) is 11.6 Å². The number of fused-ring (bicyclic) bond motifs is 1. The molecule has 0 saturated heterocycles. The molecule has 0 amide bonds. The van der Waals surface area contributed by atoms with Gasteiger partial charge in [-0.1, -0.05) is 18.2 Å². The third-order valence-electron chi connectivity index (χ3n) is 5.94. The zero-order chi connectivity index (χ0) is 24.1. The molecule has 1 atom stereocenters. The molecule has 2 N–H and O–H groups in total. The first-order chi connectivity index (χ1) is 16.3. The van der Waals surface area contributed by atoms with Gasteiger partial charge < -0.3 is 10.5 Å². The second-order valence-electron chi connectivity index (χ2n) is 8.01. The number of aromatic nitrogens is 1. The molecule has 0 saturated carbocycles. The molecule has 0 bridgehead atoms. The fraction of sp³-hybridized carbons (Fsp3) is 0.208. The molecule has 2 aliphatic heterocycles. The highest BCUT2D eigenvalue weighted by molar-refractivity contribution is 6.12. The minimum atomic E-state index is -3.09. The fourth-order valence-electron chi connectivity index (χ4n) is 4.39. The summed E-state index contributed by atoms with van der Waals surface area (Å²) in [5.41, 5.74) is 5.51. The number of alkyl halides is 2. The Balaban J connectivity index is 1.76. The van der Waals surface area contributed by atoms with Crippen LogP contribution >= 0.6 is 0 Å². The van der Waals surface area contributed by atoms with Crippen molar-refractivity contribution >= 4 is 11.8 Å². The molecular weight excluding hydrogens is 450 g/mol. The third-order valence-corrected chi connectivity index (χ3v) is 5.94. The number of hydrogen-bond acceptors (Lipinski definition) is 6. The quantitative estimate of drug-likeness (QED) is 0.587. The van der Waals surface area contributed by atoms with Crippen molar-refractivity contribution in [1.82, 2.24) is 9.88 Å². The van der Waals surface area contributed by atoms with Gasteiger partial charge in [0.1, 0.15) is 18.2 Å². The molecule has 0 spiro atoms. The Kier molecular flexibility index (Phi) is 5.03. The van der Waals surface area contributed by atoms with Gasteiger partial charge >= 0.3 is 0 Å². The summed E-state index contributed by atoms with van der Waals surface area (Å²) in [6.45, 7) is -1.43. The minimum absolute atomic E-state index is 0.0208. The zero-order valence-corrected chi connectivity index (χ0v) is 18.0. The molecular formula is C24H19F4N5O. The number of methoxy groups -OCH3 is 1. The number of nitrogens with zero attached hydrogens (tertiary/aromatic N) is 4. The largest absolute Gasteiger partial charge is 0.494 e. The van der Waals surface area contributed by atoms with E-state index in [2.05, 4.69) is 15.0 Å². The summed E-state index contributed by atoms with van der Waals surface area (Å²) < 4.78 is 63.3. The Labute approximate surface area is 192 Å². The number of pyridine rings is 1. The lowest BCUT2D eigenvalue weighted by Gasteiger charge is -2.35. The number of hydrogen-bond donors (Lipinski definition) is 1. The highest BCUT2D eigenvalue weighted by Crippen LogP contribution is 2.44. The van der Waals surface area contributed by atoms with Gasteiger partial charge in [-0.2, -0.15) is 0 Å². The highest BCUT2D eigenvalue weighted by atomic mass is 19.3. The number of halogens is 4. The summed E-state index contributed by atoms with van der Waals surface area (Å²) in [5.74, 6) is -4.50. The Hall–Kier alpha value is -3.95. The summed E-state index contributed by atoms with van der Waals surface area (Å²) in [6.07, 6.45) is 3.05. The summed E-state index contributed by atoms with van der Waals surface area (Å²) in [7, 11) is 1.31. The van der Waals surface area contributed by atoms with Gasteiger partial charge in [-0.05, 0) is 41.5 Å². The van der Waals surface area contributed by atoms with Crippen molar-refractivity contribution in [3.8, 4) is 16.9 Å². The van der Waals surface area contributed by atoms with Crippen molar-refractivity contribution < 1.29 is 22.3 Å². The first-order valence-corrected chi connectivity index (χ1v) is 10.4. The monoisotopic (exact) mass is 469 g/mol. The van der Waals surface area contributed by atoms with Gasteiger partial charge in [-0.15, -0.1) is 0 Å². The number of rotatable bonds is 4. The van der Waals surface area contributed by atoms with Gasteiger partial charge in [0.25, 0.3) is 5.92 Å². The molecule has 174 valence electrons. The van der Waals surface area contributed by atoms with Crippen LogP contribution in [0.25, 0.3) is 11.1 Å². The second-order valence-corrected chi connectivity index (χ2v) is 8.01. The summed E-state index contributed by atoms with van der Waals surface area (Å²) in [6, 6.07) is 11.8. The SMILES string of the molecule is COc1cccc(-c2cc(C3(c4ccncc4)N=C(N)N4CC(F)(F)CN=C43)ccc2F)c1F. The summed E-state index contributed by atoms with van der Waals surface area (Å²) in [5, 5.41) is 0. The standard InChI is InChI=1S/C24H19F4N5O/c1-34-19-4-2-3-16(20(19)26)17-11-15(5-6-18(17)25)24(14-7-9-30-10-8-14)21-31-12-23(27,28)13-33(21)22(29)32-24/h2-11H,12-13H2,1H3,(H2,29,32). The van der Waals surface area contributed by atoms with Crippen LogP contribution in [-0.2, 0) is 5.54 Å². The molecule has 0 aliphatic carbocycles. The predicted octanol–water partition coefficient (Wildman–Crippen LogP) is 3.96. The van der Waals surface area contributed by atoms with E-state index < -0.39 is 36.2 Å². The van der Waals surface area contributed by atoms with Crippen molar-refractivity contribution in [2.45, 2.75) is 11.5 Å². The Bertz CT molecular complexity index is 1330. The average molecular weight is 469 g/mol. The van der Waals surface area contributed by atoms with Crippen LogP contribution in [0.3, 0.4) is 0 Å². The number of amidine groups is 1. The van der Waals surface area contributed by atoms with Crippen molar-refractivity contribution in [1.29, 1.82) is 0 Å². The smallest absolute Gasteiger partial charge is 0.284 e. The minimum Gasteiger partial charge on any atom is -0.494 e. The highest BCUT2D eigenvalue weighted by Gasteiger charge is 2.53. The first kappa shape index (κ1) is 21.9.